The lowest BCUT2D eigenvalue weighted by atomic mass is 10.3. The Labute approximate surface area is 115 Å². The third kappa shape index (κ3) is 2.85. The predicted octanol–water partition coefficient (Wildman–Crippen LogP) is 3.39. The predicted molar refractivity (Wildman–Crippen MR) is 75.5 cm³/mol. The summed E-state index contributed by atoms with van der Waals surface area (Å²) < 4.78 is 8.69. The van der Waals surface area contributed by atoms with E-state index < -0.39 is 0 Å². The Hall–Kier alpha value is -1.49. The van der Waals surface area contributed by atoms with Gasteiger partial charge in [0, 0.05) is 10.5 Å². The van der Waals surface area contributed by atoms with Gasteiger partial charge in [0.05, 0.1) is 6.20 Å². The van der Waals surface area contributed by atoms with E-state index in [0.29, 0.717) is 12.4 Å². The Morgan fingerprint density at radius 2 is 2.00 bits per heavy atom. The second-order valence-electron chi connectivity index (χ2n) is 4.31. The van der Waals surface area contributed by atoms with Crippen molar-refractivity contribution in [1.29, 1.82) is 0 Å². The van der Waals surface area contributed by atoms with Crippen LogP contribution in [0, 0.1) is 0 Å². The van der Waals surface area contributed by atoms with Gasteiger partial charge in [-0.3, -0.25) is 0 Å². The zero-order valence-corrected chi connectivity index (χ0v) is 12.0. The summed E-state index contributed by atoms with van der Waals surface area (Å²) in [6.45, 7) is 4.55. The largest absolute Gasteiger partial charge is 0.486 e. The minimum absolute atomic E-state index is 0.274. The molecule has 18 heavy (non-hydrogen) atoms. The monoisotopic (exact) mass is 309 g/mol. The zero-order chi connectivity index (χ0) is 13.1. The van der Waals surface area contributed by atoms with Gasteiger partial charge in [0.15, 0.2) is 0 Å². The van der Waals surface area contributed by atoms with Crippen molar-refractivity contribution in [2.75, 3.05) is 5.73 Å². The minimum Gasteiger partial charge on any atom is -0.486 e. The van der Waals surface area contributed by atoms with Crippen LogP contribution >= 0.6 is 15.9 Å². The molecule has 0 aliphatic carbocycles. The lowest BCUT2D eigenvalue weighted by Gasteiger charge is -2.14. The third-order valence-electron chi connectivity index (χ3n) is 2.60. The second-order valence-corrected chi connectivity index (χ2v) is 5.22. The number of aromatic nitrogens is 2. The first-order chi connectivity index (χ1) is 8.58. The average molecular weight is 310 g/mol. The lowest BCUT2D eigenvalue weighted by molar-refractivity contribution is 0.287. The number of anilines is 1. The van der Waals surface area contributed by atoms with Gasteiger partial charge in [-0.15, -0.1) is 0 Å². The Bertz CT molecular complexity index is 520. The van der Waals surface area contributed by atoms with E-state index in [2.05, 4.69) is 34.8 Å². The van der Waals surface area contributed by atoms with Gasteiger partial charge in [-0.1, -0.05) is 15.9 Å². The highest BCUT2D eigenvalue weighted by Crippen LogP contribution is 2.19. The lowest BCUT2D eigenvalue weighted by Crippen LogP contribution is -2.11. The van der Waals surface area contributed by atoms with E-state index in [4.69, 9.17) is 10.5 Å². The summed E-state index contributed by atoms with van der Waals surface area (Å²) in [5.74, 6) is 2.32. The highest BCUT2D eigenvalue weighted by Gasteiger charge is 2.10. The third-order valence-corrected chi connectivity index (χ3v) is 3.13. The Balaban J connectivity index is 2.08. The topological polar surface area (TPSA) is 53.1 Å². The number of rotatable bonds is 4. The fourth-order valence-electron chi connectivity index (χ4n) is 1.80. The van der Waals surface area contributed by atoms with Crippen molar-refractivity contribution >= 4 is 21.7 Å². The van der Waals surface area contributed by atoms with Gasteiger partial charge >= 0.3 is 0 Å². The van der Waals surface area contributed by atoms with Gasteiger partial charge in [0.25, 0.3) is 0 Å². The first-order valence-electron chi connectivity index (χ1n) is 5.78. The first kappa shape index (κ1) is 13.0. The van der Waals surface area contributed by atoms with Crippen LogP contribution in [-0.4, -0.2) is 9.55 Å². The maximum absolute atomic E-state index is 5.87. The van der Waals surface area contributed by atoms with Crippen molar-refractivity contribution in [2.45, 2.75) is 26.5 Å². The number of halogens is 1. The number of hydrogen-bond donors (Lipinski definition) is 1. The average Bonchev–Trinajstić information content (AvgIpc) is 2.70. The second kappa shape index (κ2) is 5.44. The van der Waals surface area contributed by atoms with Crippen molar-refractivity contribution in [3.05, 3.63) is 40.8 Å². The molecule has 4 nitrogen and oxygen atoms in total. The van der Waals surface area contributed by atoms with Crippen LogP contribution < -0.4 is 10.5 Å². The van der Waals surface area contributed by atoms with Gasteiger partial charge in [-0.25, -0.2) is 4.98 Å². The molecule has 0 unspecified atom stereocenters. The molecule has 0 atom stereocenters. The molecule has 1 heterocycles. The van der Waals surface area contributed by atoms with E-state index in [1.54, 1.807) is 6.20 Å². The summed E-state index contributed by atoms with van der Waals surface area (Å²) in [5, 5.41) is 0. The minimum atomic E-state index is 0.274. The van der Waals surface area contributed by atoms with Gasteiger partial charge in [0.2, 0.25) is 0 Å². The molecule has 96 valence electrons. The van der Waals surface area contributed by atoms with E-state index in [9.17, 15) is 0 Å². The van der Waals surface area contributed by atoms with Crippen molar-refractivity contribution < 1.29 is 4.74 Å². The molecule has 2 rings (SSSR count). The molecule has 0 amide bonds. The number of imidazole rings is 1. The van der Waals surface area contributed by atoms with Crippen molar-refractivity contribution in [1.82, 2.24) is 9.55 Å². The molecule has 2 aromatic rings. The van der Waals surface area contributed by atoms with Gasteiger partial charge in [0.1, 0.15) is 24.0 Å². The standard InChI is InChI=1S/C13H16BrN3O/c1-9(2)17-12(15)7-16-13(17)8-18-11-5-3-10(14)4-6-11/h3-7,9H,8,15H2,1-2H3. The smallest absolute Gasteiger partial charge is 0.148 e. The Morgan fingerprint density at radius 1 is 1.33 bits per heavy atom. The molecule has 1 aromatic heterocycles. The van der Waals surface area contributed by atoms with Gasteiger partial charge in [-0.2, -0.15) is 0 Å². The Morgan fingerprint density at radius 3 is 2.61 bits per heavy atom. The molecule has 0 bridgehead atoms. The van der Waals surface area contributed by atoms with Crippen LogP contribution in [0.25, 0.3) is 0 Å². The Kier molecular flexibility index (Phi) is 3.91. The fraction of sp³-hybridized carbons (Fsp3) is 0.308. The van der Waals surface area contributed by atoms with Crippen molar-refractivity contribution in [2.24, 2.45) is 0 Å². The van der Waals surface area contributed by atoms with Crippen LogP contribution in [0.5, 0.6) is 5.75 Å². The molecular weight excluding hydrogens is 294 g/mol. The van der Waals surface area contributed by atoms with Gasteiger partial charge in [-0.05, 0) is 38.1 Å². The van der Waals surface area contributed by atoms with Crippen LogP contribution in [-0.2, 0) is 6.61 Å². The summed E-state index contributed by atoms with van der Waals surface area (Å²) in [6, 6.07) is 7.99. The van der Waals surface area contributed by atoms with Crippen LogP contribution in [0.3, 0.4) is 0 Å². The van der Waals surface area contributed by atoms with Crippen LogP contribution in [0.15, 0.2) is 34.9 Å². The summed E-state index contributed by atoms with van der Waals surface area (Å²) in [4.78, 5) is 4.27. The molecular formula is C13H16BrN3O. The van der Waals surface area contributed by atoms with E-state index in [1.807, 2.05) is 28.8 Å². The van der Waals surface area contributed by atoms with Crippen molar-refractivity contribution in [3.8, 4) is 5.75 Å². The van der Waals surface area contributed by atoms with E-state index in [1.165, 1.54) is 0 Å². The quantitative estimate of drug-likeness (QED) is 0.942. The number of nitrogens with zero attached hydrogens (tertiary/aromatic N) is 2. The van der Waals surface area contributed by atoms with Crippen LogP contribution in [0.2, 0.25) is 0 Å². The maximum Gasteiger partial charge on any atom is 0.148 e. The summed E-state index contributed by atoms with van der Waals surface area (Å²) in [5.41, 5.74) is 5.87. The van der Waals surface area contributed by atoms with Crippen LogP contribution in [0.4, 0.5) is 5.82 Å². The van der Waals surface area contributed by atoms with Crippen LogP contribution in [0.1, 0.15) is 25.7 Å². The first-order valence-corrected chi connectivity index (χ1v) is 6.57. The summed E-state index contributed by atoms with van der Waals surface area (Å²) in [6.07, 6.45) is 1.67. The molecule has 0 radical (unpaired) electrons. The van der Waals surface area contributed by atoms with Gasteiger partial charge < -0.3 is 15.0 Å². The number of benzene rings is 1. The molecule has 0 fully saturated rings. The number of nitrogen functional groups attached to an aromatic ring is 1. The zero-order valence-electron chi connectivity index (χ0n) is 10.4. The molecule has 0 aliphatic heterocycles. The van der Waals surface area contributed by atoms with Crippen molar-refractivity contribution in [3.63, 3.8) is 0 Å². The highest BCUT2D eigenvalue weighted by atomic mass is 79.9. The highest BCUT2D eigenvalue weighted by molar-refractivity contribution is 9.10. The fourth-order valence-corrected chi connectivity index (χ4v) is 2.06. The molecule has 1 aromatic carbocycles. The SMILES string of the molecule is CC(C)n1c(N)cnc1COc1ccc(Br)cc1. The number of ether oxygens (including phenoxy) is 1. The maximum atomic E-state index is 5.87. The normalized spacial score (nSPS) is 10.9. The number of hydrogen-bond acceptors (Lipinski definition) is 3. The van der Waals surface area contributed by atoms with E-state index in [0.717, 1.165) is 16.0 Å². The molecule has 0 aliphatic rings. The molecule has 0 saturated heterocycles. The molecule has 5 heteroatoms. The molecule has 2 N–H and O–H groups in total. The molecule has 0 saturated carbocycles. The summed E-state index contributed by atoms with van der Waals surface area (Å²) in [7, 11) is 0. The van der Waals surface area contributed by atoms with E-state index in [-0.39, 0.29) is 6.04 Å². The number of nitrogens with two attached hydrogens (primary N) is 1. The van der Waals surface area contributed by atoms with E-state index >= 15 is 0 Å². The summed E-state index contributed by atoms with van der Waals surface area (Å²) >= 11 is 3.39. The molecule has 0 spiro atoms.